The first kappa shape index (κ1) is 10.4. The van der Waals surface area contributed by atoms with E-state index in [4.69, 9.17) is 23.2 Å². The van der Waals surface area contributed by atoms with E-state index in [0.717, 1.165) is 4.40 Å². The molecule has 2 aromatic heterocycles. The number of hydrogen-bond acceptors (Lipinski definition) is 3. The van der Waals surface area contributed by atoms with E-state index < -0.39 is 11.4 Å². The number of nitrogens with zero attached hydrogens (tertiary/aromatic N) is 2. The molecule has 0 aliphatic heterocycles. The topological polar surface area (TPSA) is 83.0 Å². The number of nitrogens with one attached hydrogen (secondary N) is 2. The highest BCUT2D eigenvalue weighted by Gasteiger charge is 2.12. The maximum absolute atomic E-state index is 11.7. The maximum atomic E-state index is 11.7. The van der Waals surface area contributed by atoms with Gasteiger partial charge in [0, 0.05) is 5.02 Å². The van der Waals surface area contributed by atoms with Crippen LogP contribution in [0.1, 0.15) is 0 Å². The monoisotopic (exact) mass is 270 g/mol. The number of hydrogen-bond donors (Lipinski definition) is 2. The molecule has 2 N–H and O–H groups in total. The smallest absolute Gasteiger partial charge is 0.306 e. The van der Waals surface area contributed by atoms with Gasteiger partial charge in [0.05, 0.1) is 15.9 Å². The lowest BCUT2D eigenvalue weighted by Crippen LogP contribution is -2.26. The Morgan fingerprint density at radius 1 is 1.18 bits per heavy atom. The predicted molar refractivity (Wildman–Crippen MR) is 64.0 cm³/mol. The third kappa shape index (κ3) is 1.38. The summed E-state index contributed by atoms with van der Waals surface area (Å²) < 4.78 is 0.877. The molecule has 1 aromatic carbocycles. The standard InChI is InChI=1S/C9H4Cl2N4O2/c10-3-1-4(11)6-5(2-3)12-8(16)15-7(6)13-14-9(15)17/h1-2H,(H,12,16)(H,14,17). The zero-order valence-electron chi connectivity index (χ0n) is 8.12. The number of benzene rings is 1. The molecule has 0 atom stereocenters. The Hall–Kier alpha value is -1.79. The van der Waals surface area contributed by atoms with Crippen LogP contribution >= 0.6 is 23.2 Å². The molecule has 0 aliphatic carbocycles. The molecule has 8 heteroatoms. The van der Waals surface area contributed by atoms with Crippen LogP contribution < -0.4 is 11.4 Å². The van der Waals surface area contributed by atoms with Crippen molar-refractivity contribution in [3.63, 3.8) is 0 Å². The fourth-order valence-electron chi connectivity index (χ4n) is 1.72. The SMILES string of the molecule is O=c1[nH]nc2c3c(Cl)cc(Cl)cc3[nH]c(=O)n12. The van der Waals surface area contributed by atoms with Crippen LogP contribution in [0, 0.1) is 0 Å². The average Bonchev–Trinajstić information content (AvgIpc) is 2.59. The molecule has 0 unspecified atom stereocenters. The van der Waals surface area contributed by atoms with E-state index in [2.05, 4.69) is 15.2 Å². The van der Waals surface area contributed by atoms with Gasteiger partial charge >= 0.3 is 11.4 Å². The van der Waals surface area contributed by atoms with Crippen molar-refractivity contribution in [1.29, 1.82) is 0 Å². The second-order valence-corrected chi connectivity index (χ2v) is 4.27. The van der Waals surface area contributed by atoms with E-state index in [-0.39, 0.29) is 5.65 Å². The summed E-state index contributed by atoms with van der Waals surface area (Å²) in [5, 5.41) is 7.14. The summed E-state index contributed by atoms with van der Waals surface area (Å²) in [4.78, 5) is 25.6. The summed E-state index contributed by atoms with van der Waals surface area (Å²) in [6, 6.07) is 3.06. The van der Waals surface area contributed by atoms with Gasteiger partial charge in [-0.2, -0.15) is 9.50 Å². The lowest BCUT2D eigenvalue weighted by atomic mass is 10.2. The fraction of sp³-hybridized carbons (Fsp3) is 0. The van der Waals surface area contributed by atoms with Crippen molar-refractivity contribution in [2.75, 3.05) is 0 Å². The van der Waals surface area contributed by atoms with E-state index in [1.807, 2.05) is 0 Å². The minimum atomic E-state index is -0.617. The number of rotatable bonds is 0. The van der Waals surface area contributed by atoms with Crippen LogP contribution in [0.4, 0.5) is 0 Å². The zero-order valence-corrected chi connectivity index (χ0v) is 9.63. The zero-order chi connectivity index (χ0) is 12.2. The quantitative estimate of drug-likeness (QED) is 0.643. The van der Waals surface area contributed by atoms with Crippen molar-refractivity contribution < 1.29 is 0 Å². The lowest BCUT2D eigenvalue weighted by molar-refractivity contribution is 0.958. The maximum Gasteiger partial charge on any atom is 0.351 e. The van der Waals surface area contributed by atoms with E-state index in [0.29, 0.717) is 20.9 Å². The van der Waals surface area contributed by atoms with Gasteiger partial charge in [-0.05, 0) is 12.1 Å². The average molecular weight is 271 g/mol. The summed E-state index contributed by atoms with van der Waals surface area (Å²) in [5.74, 6) is 0. The molecular weight excluding hydrogens is 267 g/mol. The molecular formula is C9H4Cl2N4O2. The summed E-state index contributed by atoms with van der Waals surface area (Å²) >= 11 is 11.9. The molecule has 17 heavy (non-hydrogen) atoms. The first-order valence-electron chi connectivity index (χ1n) is 4.56. The van der Waals surface area contributed by atoms with Gasteiger partial charge in [0.25, 0.3) is 0 Å². The fourth-order valence-corrected chi connectivity index (χ4v) is 2.30. The van der Waals surface area contributed by atoms with Crippen molar-refractivity contribution in [2.24, 2.45) is 0 Å². The van der Waals surface area contributed by atoms with Crippen LogP contribution in [0.25, 0.3) is 16.6 Å². The molecule has 0 fully saturated rings. The van der Waals surface area contributed by atoms with Crippen molar-refractivity contribution in [1.82, 2.24) is 19.6 Å². The number of H-pyrrole nitrogens is 2. The molecule has 0 bridgehead atoms. The normalized spacial score (nSPS) is 11.4. The number of aromatic nitrogens is 4. The van der Waals surface area contributed by atoms with Crippen molar-refractivity contribution in [3.05, 3.63) is 43.1 Å². The summed E-state index contributed by atoms with van der Waals surface area (Å²) in [7, 11) is 0. The van der Waals surface area contributed by atoms with Crippen molar-refractivity contribution in [2.45, 2.75) is 0 Å². The van der Waals surface area contributed by atoms with Gasteiger partial charge < -0.3 is 4.98 Å². The highest BCUT2D eigenvalue weighted by Crippen LogP contribution is 2.27. The summed E-state index contributed by atoms with van der Waals surface area (Å²) in [5.41, 5.74) is -0.604. The van der Waals surface area contributed by atoms with Crippen LogP contribution in [0.2, 0.25) is 10.0 Å². The molecule has 6 nitrogen and oxygen atoms in total. The highest BCUT2D eigenvalue weighted by atomic mass is 35.5. The minimum absolute atomic E-state index is 0.176. The first-order chi connectivity index (χ1) is 8.08. The van der Waals surface area contributed by atoms with Crippen LogP contribution in [0.5, 0.6) is 0 Å². The van der Waals surface area contributed by atoms with E-state index in [9.17, 15) is 9.59 Å². The van der Waals surface area contributed by atoms with E-state index in [1.165, 1.54) is 6.07 Å². The van der Waals surface area contributed by atoms with Crippen molar-refractivity contribution >= 4 is 39.8 Å². The third-order valence-electron chi connectivity index (χ3n) is 2.40. The van der Waals surface area contributed by atoms with Gasteiger partial charge in [-0.3, -0.25) is 0 Å². The Morgan fingerprint density at radius 2 is 1.94 bits per heavy atom. The van der Waals surface area contributed by atoms with E-state index in [1.54, 1.807) is 6.07 Å². The van der Waals surface area contributed by atoms with E-state index >= 15 is 0 Å². The Balaban J connectivity index is 2.74. The second kappa shape index (κ2) is 3.35. The lowest BCUT2D eigenvalue weighted by Gasteiger charge is -2.02. The van der Waals surface area contributed by atoms with Gasteiger partial charge in [-0.15, -0.1) is 0 Å². The Morgan fingerprint density at radius 3 is 2.71 bits per heavy atom. The van der Waals surface area contributed by atoms with Crippen LogP contribution in [-0.4, -0.2) is 19.6 Å². The molecule has 3 rings (SSSR count). The number of halogens is 2. The second-order valence-electron chi connectivity index (χ2n) is 3.43. The predicted octanol–water partition coefficient (Wildman–Crippen LogP) is 1.17. The molecule has 0 radical (unpaired) electrons. The number of aromatic amines is 2. The van der Waals surface area contributed by atoms with Gasteiger partial charge in [-0.25, -0.2) is 14.7 Å². The van der Waals surface area contributed by atoms with Crippen molar-refractivity contribution in [3.8, 4) is 0 Å². The molecule has 0 saturated heterocycles. The summed E-state index contributed by atoms with van der Waals surface area (Å²) in [6.07, 6.45) is 0. The molecule has 0 aliphatic rings. The molecule has 0 saturated carbocycles. The Labute approximate surface area is 103 Å². The first-order valence-corrected chi connectivity index (χ1v) is 5.31. The van der Waals surface area contributed by atoms with Gasteiger partial charge in [0.1, 0.15) is 0 Å². The molecule has 3 aromatic rings. The van der Waals surface area contributed by atoms with Crippen LogP contribution in [0.3, 0.4) is 0 Å². The van der Waals surface area contributed by atoms with Gasteiger partial charge in [0.15, 0.2) is 5.65 Å². The minimum Gasteiger partial charge on any atom is -0.306 e. The Kier molecular flexibility index (Phi) is 2.04. The largest absolute Gasteiger partial charge is 0.351 e. The highest BCUT2D eigenvalue weighted by molar-refractivity contribution is 6.39. The third-order valence-corrected chi connectivity index (χ3v) is 2.91. The molecule has 0 spiro atoms. The summed E-state index contributed by atoms with van der Waals surface area (Å²) in [6.45, 7) is 0. The van der Waals surface area contributed by atoms with Crippen LogP contribution in [-0.2, 0) is 0 Å². The molecule has 86 valence electrons. The van der Waals surface area contributed by atoms with Gasteiger partial charge in [0.2, 0.25) is 0 Å². The molecule has 2 heterocycles. The molecule has 0 amide bonds. The van der Waals surface area contributed by atoms with Gasteiger partial charge in [-0.1, -0.05) is 23.2 Å². The number of fused-ring (bicyclic) bond motifs is 3. The van der Waals surface area contributed by atoms with Crippen LogP contribution in [0.15, 0.2) is 21.7 Å². The Bertz CT molecular complexity index is 861.